The Morgan fingerprint density at radius 1 is 1.30 bits per heavy atom. The van der Waals surface area contributed by atoms with Crippen LogP contribution < -0.4 is 10.6 Å². The van der Waals surface area contributed by atoms with E-state index in [-0.39, 0.29) is 24.4 Å². The summed E-state index contributed by atoms with van der Waals surface area (Å²) in [5, 5.41) is 11.5. The molecule has 3 heterocycles. The van der Waals surface area contributed by atoms with Crippen LogP contribution in [0.15, 0.2) is 53.1 Å². The van der Waals surface area contributed by atoms with Crippen LogP contribution in [0.1, 0.15) is 23.3 Å². The van der Waals surface area contributed by atoms with Crippen LogP contribution in [-0.4, -0.2) is 34.8 Å². The number of carbonyl (C=O) groups excluding carboxylic acids is 1. The Bertz CT molecular complexity index is 902. The average Bonchev–Trinajstić information content (AvgIpc) is 3.32. The quantitative estimate of drug-likeness (QED) is 0.692. The van der Waals surface area contributed by atoms with Crippen molar-refractivity contribution in [2.24, 2.45) is 0 Å². The lowest BCUT2D eigenvalue weighted by Gasteiger charge is -2.23. The zero-order valence-corrected chi connectivity index (χ0v) is 16.1. The number of nitrogens with one attached hydrogen (secondary N) is 2. The van der Waals surface area contributed by atoms with E-state index in [0.717, 1.165) is 31.6 Å². The fourth-order valence-corrected chi connectivity index (χ4v) is 3.32. The van der Waals surface area contributed by atoms with E-state index in [4.69, 9.17) is 16.0 Å². The maximum absolute atomic E-state index is 12.7. The zero-order valence-electron chi connectivity index (χ0n) is 14.5. The van der Waals surface area contributed by atoms with Crippen LogP contribution in [-0.2, 0) is 0 Å². The van der Waals surface area contributed by atoms with Gasteiger partial charge in [0, 0.05) is 23.7 Å². The molecule has 1 atom stereocenters. The normalized spacial score (nSPS) is 16.6. The highest BCUT2D eigenvalue weighted by atomic mass is 35.5. The Morgan fingerprint density at radius 3 is 2.89 bits per heavy atom. The Balaban J connectivity index is 0.00000210. The SMILES string of the molecule is Cl.O=C(N[C@H]1CCCNC1)c1cc(-c2ccco2)n(-c2cccc(Cl)c2)n1. The van der Waals surface area contributed by atoms with Crippen molar-refractivity contribution in [2.45, 2.75) is 18.9 Å². The topological polar surface area (TPSA) is 72.1 Å². The van der Waals surface area contributed by atoms with Crippen LogP contribution in [0.25, 0.3) is 17.1 Å². The molecule has 0 spiro atoms. The molecule has 2 aromatic heterocycles. The van der Waals surface area contributed by atoms with Crippen molar-refractivity contribution in [3.05, 3.63) is 59.4 Å². The Hall–Kier alpha value is -2.28. The molecule has 4 rings (SSSR count). The van der Waals surface area contributed by atoms with Crippen LogP contribution in [0, 0.1) is 0 Å². The van der Waals surface area contributed by atoms with Crippen LogP contribution >= 0.6 is 24.0 Å². The van der Waals surface area contributed by atoms with Crippen molar-refractivity contribution < 1.29 is 9.21 Å². The molecule has 142 valence electrons. The van der Waals surface area contributed by atoms with Gasteiger partial charge in [0.1, 0.15) is 5.69 Å². The Kier molecular flexibility index (Phi) is 6.21. The summed E-state index contributed by atoms with van der Waals surface area (Å²) in [5.74, 6) is 0.447. The lowest BCUT2D eigenvalue weighted by Crippen LogP contribution is -2.45. The highest BCUT2D eigenvalue weighted by Gasteiger charge is 2.21. The van der Waals surface area contributed by atoms with Crippen molar-refractivity contribution in [3.63, 3.8) is 0 Å². The van der Waals surface area contributed by atoms with E-state index in [1.165, 1.54) is 0 Å². The molecule has 1 aliphatic rings. The molecule has 0 radical (unpaired) electrons. The van der Waals surface area contributed by atoms with Gasteiger partial charge in [-0.25, -0.2) is 4.68 Å². The highest BCUT2D eigenvalue weighted by Crippen LogP contribution is 2.26. The predicted molar refractivity (Wildman–Crippen MR) is 107 cm³/mol. The molecule has 1 aliphatic heterocycles. The number of furan rings is 1. The second kappa shape index (κ2) is 8.61. The van der Waals surface area contributed by atoms with Crippen molar-refractivity contribution in [3.8, 4) is 17.1 Å². The first-order valence-corrected chi connectivity index (χ1v) is 9.00. The zero-order chi connectivity index (χ0) is 17.9. The number of hydrogen-bond acceptors (Lipinski definition) is 4. The summed E-state index contributed by atoms with van der Waals surface area (Å²) in [6.07, 6.45) is 3.62. The summed E-state index contributed by atoms with van der Waals surface area (Å²) < 4.78 is 7.20. The first-order valence-electron chi connectivity index (χ1n) is 8.62. The molecule has 1 aromatic carbocycles. The van der Waals surface area contributed by atoms with Crippen LogP contribution in [0.5, 0.6) is 0 Å². The number of aromatic nitrogens is 2. The molecule has 0 bridgehead atoms. The molecule has 2 N–H and O–H groups in total. The van der Waals surface area contributed by atoms with E-state index in [9.17, 15) is 4.79 Å². The third-order valence-corrected chi connectivity index (χ3v) is 4.64. The molecular formula is C19H20Cl2N4O2. The van der Waals surface area contributed by atoms with Gasteiger partial charge in [0.15, 0.2) is 11.5 Å². The summed E-state index contributed by atoms with van der Waals surface area (Å²) in [6.45, 7) is 1.78. The number of hydrogen-bond donors (Lipinski definition) is 2. The molecule has 1 amide bonds. The van der Waals surface area contributed by atoms with E-state index in [1.807, 2.05) is 18.2 Å². The molecule has 6 nitrogen and oxygen atoms in total. The third kappa shape index (κ3) is 4.35. The number of halogens is 2. The maximum Gasteiger partial charge on any atom is 0.272 e. The maximum atomic E-state index is 12.7. The minimum absolute atomic E-state index is 0. The van der Waals surface area contributed by atoms with Gasteiger partial charge in [-0.1, -0.05) is 17.7 Å². The van der Waals surface area contributed by atoms with E-state index in [0.29, 0.717) is 22.2 Å². The van der Waals surface area contributed by atoms with Crippen LogP contribution in [0.3, 0.4) is 0 Å². The highest BCUT2D eigenvalue weighted by molar-refractivity contribution is 6.30. The standard InChI is InChI=1S/C19H19ClN4O2.ClH/c20-13-4-1-6-15(10-13)24-17(18-7-3-9-26-18)11-16(23-24)19(25)22-14-5-2-8-21-12-14;/h1,3-4,6-7,9-11,14,21H,2,5,8,12H2,(H,22,25);1H/t14-;/m0./s1. The van der Waals surface area contributed by atoms with Crippen molar-refractivity contribution in [1.29, 1.82) is 0 Å². The fraction of sp³-hybridized carbons (Fsp3) is 0.263. The number of amides is 1. The molecule has 1 saturated heterocycles. The van der Waals surface area contributed by atoms with Crippen molar-refractivity contribution >= 4 is 29.9 Å². The average molecular weight is 407 g/mol. The number of carbonyl (C=O) groups is 1. The first-order chi connectivity index (χ1) is 12.7. The minimum atomic E-state index is -0.188. The number of benzene rings is 1. The number of nitrogens with zero attached hydrogens (tertiary/aromatic N) is 2. The minimum Gasteiger partial charge on any atom is -0.463 e. The number of rotatable bonds is 4. The molecule has 0 unspecified atom stereocenters. The molecule has 0 aliphatic carbocycles. The van der Waals surface area contributed by atoms with Gasteiger partial charge in [-0.3, -0.25) is 4.79 Å². The van der Waals surface area contributed by atoms with Gasteiger partial charge in [0.25, 0.3) is 5.91 Å². The predicted octanol–water partition coefficient (Wildman–Crippen LogP) is 3.69. The van der Waals surface area contributed by atoms with Crippen LogP contribution in [0.2, 0.25) is 5.02 Å². The van der Waals surface area contributed by atoms with Gasteiger partial charge in [-0.15, -0.1) is 12.4 Å². The van der Waals surface area contributed by atoms with E-state index in [2.05, 4.69) is 15.7 Å². The second-order valence-corrected chi connectivity index (χ2v) is 6.74. The summed E-state index contributed by atoms with van der Waals surface area (Å²) >= 11 is 6.12. The van der Waals surface area contributed by atoms with E-state index < -0.39 is 0 Å². The Morgan fingerprint density at radius 2 is 2.19 bits per heavy atom. The first kappa shape index (κ1) is 19.5. The van der Waals surface area contributed by atoms with E-state index in [1.54, 1.807) is 35.2 Å². The summed E-state index contributed by atoms with van der Waals surface area (Å²) in [6, 6.07) is 12.8. The van der Waals surface area contributed by atoms with Gasteiger partial charge in [-0.05, 0) is 49.7 Å². The van der Waals surface area contributed by atoms with E-state index >= 15 is 0 Å². The third-order valence-electron chi connectivity index (χ3n) is 4.40. The molecule has 8 heteroatoms. The molecular weight excluding hydrogens is 387 g/mol. The van der Waals surface area contributed by atoms with Gasteiger partial charge in [0.05, 0.1) is 12.0 Å². The second-order valence-electron chi connectivity index (χ2n) is 6.30. The van der Waals surface area contributed by atoms with Crippen LogP contribution in [0.4, 0.5) is 0 Å². The Labute approximate surface area is 168 Å². The van der Waals surface area contributed by atoms with Gasteiger partial charge in [-0.2, -0.15) is 5.10 Å². The molecule has 1 fully saturated rings. The summed E-state index contributed by atoms with van der Waals surface area (Å²) in [5.41, 5.74) is 1.81. The van der Waals surface area contributed by atoms with Gasteiger partial charge in [0.2, 0.25) is 0 Å². The smallest absolute Gasteiger partial charge is 0.272 e. The largest absolute Gasteiger partial charge is 0.463 e. The summed E-state index contributed by atoms with van der Waals surface area (Å²) in [4.78, 5) is 12.7. The van der Waals surface area contributed by atoms with Crippen molar-refractivity contribution in [2.75, 3.05) is 13.1 Å². The molecule has 0 saturated carbocycles. The van der Waals surface area contributed by atoms with Gasteiger partial charge < -0.3 is 15.1 Å². The number of piperidine rings is 1. The fourth-order valence-electron chi connectivity index (χ4n) is 3.13. The lowest BCUT2D eigenvalue weighted by molar-refractivity contribution is 0.0925. The molecule has 3 aromatic rings. The molecule has 27 heavy (non-hydrogen) atoms. The lowest BCUT2D eigenvalue weighted by atomic mass is 10.1. The monoisotopic (exact) mass is 406 g/mol. The van der Waals surface area contributed by atoms with Crippen molar-refractivity contribution in [1.82, 2.24) is 20.4 Å². The summed E-state index contributed by atoms with van der Waals surface area (Å²) in [7, 11) is 0. The van der Waals surface area contributed by atoms with Gasteiger partial charge >= 0.3 is 0 Å².